The van der Waals surface area contributed by atoms with Gasteiger partial charge in [-0.1, -0.05) is 48.5 Å². The van der Waals surface area contributed by atoms with Crippen LogP contribution in [-0.4, -0.2) is 23.8 Å². The lowest BCUT2D eigenvalue weighted by Gasteiger charge is -2.23. The number of anilines is 1. The van der Waals surface area contributed by atoms with Crippen molar-refractivity contribution in [3.8, 4) is 0 Å². The van der Waals surface area contributed by atoms with Gasteiger partial charge in [0.1, 0.15) is 6.61 Å². The maximum Gasteiger partial charge on any atom is 0.414 e. The lowest BCUT2D eigenvalue weighted by atomic mass is 10.1. The second kappa shape index (κ2) is 6.62. The molecule has 1 aliphatic heterocycles. The van der Waals surface area contributed by atoms with E-state index in [-0.39, 0.29) is 13.2 Å². The number of nitrogens with zero attached hydrogens (tertiary/aromatic N) is 1. The van der Waals surface area contributed by atoms with Crippen LogP contribution in [-0.2, 0) is 17.8 Å². The molecule has 4 heteroatoms. The summed E-state index contributed by atoms with van der Waals surface area (Å²) in [6.45, 7) is 0.499. The highest BCUT2D eigenvalue weighted by Gasteiger charge is 2.26. The molecule has 0 bridgehead atoms. The van der Waals surface area contributed by atoms with Crippen molar-refractivity contribution in [2.75, 3.05) is 11.4 Å². The molecular weight excluding hydrogens is 278 g/mol. The van der Waals surface area contributed by atoms with Gasteiger partial charge in [-0.3, -0.25) is 4.90 Å². The normalized spacial score (nSPS) is 17.5. The van der Waals surface area contributed by atoms with E-state index in [9.17, 15) is 9.90 Å². The van der Waals surface area contributed by atoms with Crippen LogP contribution >= 0.6 is 0 Å². The molecule has 0 aromatic heterocycles. The van der Waals surface area contributed by atoms with Crippen molar-refractivity contribution in [1.29, 1.82) is 0 Å². The van der Waals surface area contributed by atoms with E-state index in [0.29, 0.717) is 6.42 Å². The number of para-hydroxylation sites is 1. The van der Waals surface area contributed by atoms with Crippen molar-refractivity contribution >= 4 is 11.8 Å². The van der Waals surface area contributed by atoms with Gasteiger partial charge in [0.25, 0.3) is 0 Å². The number of aliphatic hydroxyl groups is 1. The second-order valence-electron chi connectivity index (χ2n) is 5.47. The van der Waals surface area contributed by atoms with Crippen molar-refractivity contribution in [3.05, 3.63) is 65.7 Å². The van der Waals surface area contributed by atoms with Crippen LogP contribution in [0.15, 0.2) is 54.6 Å². The smallest absolute Gasteiger partial charge is 0.414 e. The molecule has 1 N–H and O–H groups in total. The average molecular weight is 297 g/mol. The van der Waals surface area contributed by atoms with Gasteiger partial charge in [0.2, 0.25) is 0 Å². The Kier molecular flexibility index (Phi) is 4.39. The molecule has 1 atom stereocenters. The Balaban J connectivity index is 1.75. The molecule has 0 aliphatic carbocycles. The summed E-state index contributed by atoms with van der Waals surface area (Å²) >= 11 is 0. The molecule has 2 aromatic rings. The van der Waals surface area contributed by atoms with Crippen LogP contribution in [0.1, 0.15) is 17.5 Å². The molecule has 0 fully saturated rings. The van der Waals surface area contributed by atoms with E-state index in [1.54, 1.807) is 0 Å². The molecular formula is C18H19NO3. The lowest BCUT2D eigenvalue weighted by Crippen LogP contribution is -2.37. The van der Waals surface area contributed by atoms with Crippen molar-refractivity contribution < 1.29 is 14.6 Å². The summed E-state index contributed by atoms with van der Waals surface area (Å²) in [7, 11) is 0. The summed E-state index contributed by atoms with van der Waals surface area (Å²) < 4.78 is 5.40. The van der Waals surface area contributed by atoms with E-state index in [2.05, 4.69) is 0 Å². The Bertz CT molecular complexity index is 642. The molecule has 1 heterocycles. The summed E-state index contributed by atoms with van der Waals surface area (Å²) in [5.41, 5.74) is 2.84. The first-order chi connectivity index (χ1) is 10.7. The number of ether oxygens (including phenoxy) is 1. The number of aryl methyl sites for hydroxylation is 1. The molecule has 22 heavy (non-hydrogen) atoms. The van der Waals surface area contributed by atoms with Crippen molar-refractivity contribution in [2.24, 2.45) is 0 Å². The molecule has 114 valence electrons. The number of carbonyl (C=O) groups excluding carboxylic acids is 1. The van der Waals surface area contributed by atoms with Crippen molar-refractivity contribution in [1.82, 2.24) is 0 Å². The van der Waals surface area contributed by atoms with Crippen LogP contribution < -0.4 is 4.90 Å². The number of amides is 1. The molecule has 0 saturated carbocycles. The van der Waals surface area contributed by atoms with E-state index >= 15 is 0 Å². The minimum atomic E-state index is -0.531. The van der Waals surface area contributed by atoms with Gasteiger partial charge in [-0.2, -0.15) is 0 Å². The van der Waals surface area contributed by atoms with Crippen LogP contribution in [0.5, 0.6) is 0 Å². The number of benzene rings is 2. The fraction of sp³-hybridized carbons (Fsp3) is 0.278. The Morgan fingerprint density at radius 2 is 1.86 bits per heavy atom. The Hall–Kier alpha value is -2.33. The third-order valence-corrected chi connectivity index (χ3v) is 3.85. The highest BCUT2D eigenvalue weighted by Crippen LogP contribution is 2.27. The van der Waals surface area contributed by atoms with Gasteiger partial charge in [-0.15, -0.1) is 0 Å². The largest absolute Gasteiger partial charge is 0.444 e. The molecule has 1 aliphatic rings. The van der Waals surface area contributed by atoms with E-state index in [0.717, 1.165) is 23.2 Å². The number of hydrogen-bond acceptors (Lipinski definition) is 3. The molecule has 0 spiro atoms. The lowest BCUT2D eigenvalue weighted by molar-refractivity contribution is 0.135. The monoisotopic (exact) mass is 297 g/mol. The standard InChI is InChI=1S/C18H19NO3/c20-16-11-10-15-8-4-5-9-17(15)19(12-16)18(21)22-13-14-6-2-1-3-7-14/h1-9,16,20H,10-13H2. The van der Waals surface area contributed by atoms with Crippen LogP contribution in [0.4, 0.5) is 10.5 Å². The molecule has 1 unspecified atom stereocenters. The fourth-order valence-electron chi connectivity index (χ4n) is 2.68. The Labute approximate surface area is 130 Å². The Morgan fingerprint density at radius 1 is 1.14 bits per heavy atom. The van der Waals surface area contributed by atoms with E-state index in [4.69, 9.17) is 4.74 Å². The van der Waals surface area contributed by atoms with Gasteiger partial charge in [-0.05, 0) is 30.0 Å². The zero-order chi connectivity index (χ0) is 15.4. The van der Waals surface area contributed by atoms with Crippen LogP contribution in [0.3, 0.4) is 0 Å². The van der Waals surface area contributed by atoms with E-state index in [1.165, 1.54) is 4.90 Å². The average Bonchev–Trinajstić information content (AvgIpc) is 2.73. The predicted molar refractivity (Wildman–Crippen MR) is 84.7 cm³/mol. The van der Waals surface area contributed by atoms with E-state index < -0.39 is 12.2 Å². The fourth-order valence-corrected chi connectivity index (χ4v) is 2.68. The van der Waals surface area contributed by atoms with E-state index in [1.807, 2.05) is 54.6 Å². The highest BCUT2D eigenvalue weighted by atomic mass is 16.6. The third kappa shape index (κ3) is 3.28. The zero-order valence-electron chi connectivity index (χ0n) is 12.3. The van der Waals surface area contributed by atoms with Gasteiger partial charge in [-0.25, -0.2) is 4.79 Å². The predicted octanol–water partition coefficient (Wildman–Crippen LogP) is 3.14. The number of hydrogen-bond donors (Lipinski definition) is 1. The topological polar surface area (TPSA) is 49.8 Å². The molecule has 2 aromatic carbocycles. The summed E-state index contributed by atoms with van der Waals surface area (Å²) in [4.78, 5) is 14.0. The summed E-state index contributed by atoms with van der Waals surface area (Å²) in [6.07, 6.45) is 0.466. The van der Waals surface area contributed by atoms with Gasteiger partial charge in [0.15, 0.2) is 0 Å². The molecule has 1 amide bonds. The molecule has 4 nitrogen and oxygen atoms in total. The molecule has 0 saturated heterocycles. The van der Waals surface area contributed by atoms with Crippen molar-refractivity contribution in [3.63, 3.8) is 0 Å². The summed E-state index contributed by atoms with van der Waals surface area (Å²) in [5, 5.41) is 10.0. The maximum atomic E-state index is 12.4. The number of aliphatic hydroxyl groups excluding tert-OH is 1. The number of carbonyl (C=O) groups is 1. The first kappa shape index (κ1) is 14.6. The second-order valence-corrected chi connectivity index (χ2v) is 5.47. The van der Waals surface area contributed by atoms with Gasteiger partial charge in [0.05, 0.1) is 18.3 Å². The SMILES string of the molecule is O=C(OCc1ccccc1)N1CC(O)CCc2ccccc21. The maximum absolute atomic E-state index is 12.4. The number of fused-ring (bicyclic) bond motifs is 1. The van der Waals surface area contributed by atoms with Gasteiger partial charge in [0, 0.05) is 0 Å². The first-order valence-corrected chi connectivity index (χ1v) is 7.48. The quantitative estimate of drug-likeness (QED) is 0.926. The van der Waals surface area contributed by atoms with Crippen LogP contribution in [0.2, 0.25) is 0 Å². The molecule has 0 radical (unpaired) electrons. The highest BCUT2D eigenvalue weighted by molar-refractivity contribution is 5.89. The van der Waals surface area contributed by atoms with Gasteiger partial charge < -0.3 is 9.84 Å². The minimum Gasteiger partial charge on any atom is -0.444 e. The summed E-state index contributed by atoms with van der Waals surface area (Å²) in [5.74, 6) is 0. The summed E-state index contributed by atoms with van der Waals surface area (Å²) in [6, 6.07) is 17.3. The number of β-amino-alcohol motifs (C(OH)–C–C–N with tert-alkyl or cyclic N) is 1. The van der Waals surface area contributed by atoms with Crippen LogP contribution in [0.25, 0.3) is 0 Å². The van der Waals surface area contributed by atoms with Gasteiger partial charge >= 0.3 is 6.09 Å². The molecule has 3 rings (SSSR count). The first-order valence-electron chi connectivity index (χ1n) is 7.48. The Morgan fingerprint density at radius 3 is 2.68 bits per heavy atom. The zero-order valence-corrected chi connectivity index (χ0v) is 12.3. The van der Waals surface area contributed by atoms with Crippen LogP contribution in [0, 0.1) is 0 Å². The minimum absolute atomic E-state index is 0.231. The van der Waals surface area contributed by atoms with Crippen molar-refractivity contribution in [2.45, 2.75) is 25.6 Å². The number of rotatable bonds is 2. The third-order valence-electron chi connectivity index (χ3n) is 3.85.